The van der Waals surface area contributed by atoms with Crippen molar-refractivity contribution < 1.29 is 38.8 Å². The molecule has 1 fully saturated rings. The lowest BCUT2D eigenvalue weighted by atomic mass is 9.91. The van der Waals surface area contributed by atoms with Gasteiger partial charge in [0.1, 0.15) is 24.4 Å². The second kappa shape index (κ2) is 12.0. The van der Waals surface area contributed by atoms with Crippen molar-refractivity contribution in [2.24, 2.45) is 0 Å². The Bertz CT molecular complexity index is 1300. The van der Waals surface area contributed by atoms with Crippen LogP contribution in [0.15, 0.2) is 60.2 Å². The summed E-state index contributed by atoms with van der Waals surface area (Å²) in [6.45, 7) is 1.09. The molecule has 4 N–H and O–H groups in total. The van der Waals surface area contributed by atoms with Gasteiger partial charge in [0.15, 0.2) is 5.79 Å². The average Bonchev–Trinajstić information content (AvgIpc) is 3.48. The lowest BCUT2D eigenvalue weighted by Crippen LogP contribution is -2.54. The number of rotatable bonds is 8. The van der Waals surface area contributed by atoms with Crippen LogP contribution >= 0.6 is 22.6 Å². The maximum Gasteiger partial charge on any atom is 0.338 e. The van der Waals surface area contributed by atoms with Crippen molar-refractivity contribution in [2.45, 2.75) is 62.4 Å². The molecule has 11 heteroatoms. The molecule has 0 aromatic heterocycles. The predicted octanol–water partition coefficient (Wildman–Crippen LogP) is 1.40. The van der Waals surface area contributed by atoms with Crippen LogP contribution in [-0.4, -0.2) is 77.4 Å². The van der Waals surface area contributed by atoms with Gasteiger partial charge in [-0.15, -0.1) is 0 Å². The highest BCUT2D eigenvalue weighted by Gasteiger charge is 2.55. The summed E-state index contributed by atoms with van der Waals surface area (Å²) < 4.78 is 19.7. The smallest absolute Gasteiger partial charge is 0.338 e. The number of hydrogen-bond acceptors (Lipinski definition) is 8. The number of fused-ring (bicyclic) bond motifs is 2. The quantitative estimate of drug-likeness (QED) is 0.246. The van der Waals surface area contributed by atoms with Crippen molar-refractivity contribution in [3.05, 3.63) is 80.4 Å². The molecule has 2 amide bonds. The third kappa shape index (κ3) is 6.08. The van der Waals surface area contributed by atoms with E-state index in [9.17, 15) is 19.5 Å². The Morgan fingerprint density at radius 1 is 1.12 bits per heavy atom. The average molecular weight is 662 g/mol. The Kier molecular flexibility index (Phi) is 8.57. The molecular weight excluding hydrogens is 631 g/mol. The van der Waals surface area contributed by atoms with Gasteiger partial charge in [-0.05, 0) is 64.9 Å². The summed E-state index contributed by atoms with van der Waals surface area (Å²) in [6, 6.07) is 13.7. The highest BCUT2D eigenvalue weighted by molar-refractivity contribution is 14.1. The lowest BCUT2D eigenvalue weighted by Gasteiger charge is -2.31. The van der Waals surface area contributed by atoms with E-state index in [1.165, 1.54) is 6.92 Å². The molecule has 0 radical (unpaired) electrons. The Hall–Kier alpha value is -2.84. The van der Waals surface area contributed by atoms with Crippen molar-refractivity contribution in [3.8, 4) is 0 Å². The number of esters is 1. The molecule has 1 heterocycles. The number of carbonyl (C=O) groups excluding carboxylic acids is 3. The van der Waals surface area contributed by atoms with E-state index in [0.717, 1.165) is 14.7 Å². The van der Waals surface area contributed by atoms with Crippen LogP contribution in [-0.2, 0) is 36.6 Å². The number of hydrogen-bond donors (Lipinski definition) is 4. The predicted molar refractivity (Wildman–Crippen MR) is 151 cm³/mol. The van der Waals surface area contributed by atoms with E-state index in [0.29, 0.717) is 18.4 Å². The molecule has 5 rings (SSSR count). The molecule has 1 spiro atoms. The fourth-order valence-electron chi connectivity index (χ4n) is 5.41. The fourth-order valence-corrected chi connectivity index (χ4v) is 5.95. The first-order valence-electron chi connectivity index (χ1n) is 13.2. The maximum atomic E-state index is 13.4. The molecule has 1 saturated heterocycles. The number of carbonyl (C=O) groups is 3. The van der Waals surface area contributed by atoms with E-state index < -0.39 is 54.0 Å². The topological polar surface area (TPSA) is 143 Å². The van der Waals surface area contributed by atoms with Gasteiger partial charge in [-0.3, -0.25) is 9.59 Å². The minimum Gasteiger partial charge on any atom is -0.456 e. The van der Waals surface area contributed by atoms with E-state index in [-0.39, 0.29) is 25.1 Å². The first-order chi connectivity index (χ1) is 19.2. The van der Waals surface area contributed by atoms with Crippen molar-refractivity contribution >= 4 is 40.4 Å². The van der Waals surface area contributed by atoms with Crippen LogP contribution in [0.4, 0.5) is 0 Å². The number of ether oxygens (including phenoxy) is 3. The number of amides is 2. The normalized spacial score (nSPS) is 23.9. The van der Waals surface area contributed by atoms with E-state index in [2.05, 4.69) is 33.2 Å². The van der Waals surface area contributed by atoms with Crippen LogP contribution in [0.1, 0.15) is 34.8 Å². The minimum atomic E-state index is -1.25. The summed E-state index contributed by atoms with van der Waals surface area (Å²) in [5.74, 6) is -2.72. The van der Waals surface area contributed by atoms with E-state index in [4.69, 9.17) is 19.3 Å². The fraction of sp³-hybridized carbons (Fsp3) is 0.414. The van der Waals surface area contributed by atoms with Gasteiger partial charge in [0.05, 0.1) is 18.3 Å². The van der Waals surface area contributed by atoms with Crippen LogP contribution in [0.2, 0.25) is 0 Å². The molecular formula is C29H31IN2O8. The van der Waals surface area contributed by atoms with Crippen LogP contribution in [0.5, 0.6) is 0 Å². The van der Waals surface area contributed by atoms with Gasteiger partial charge in [-0.2, -0.15) is 0 Å². The maximum absolute atomic E-state index is 13.4. The number of aliphatic hydroxyl groups is 2. The van der Waals surface area contributed by atoms with Gasteiger partial charge in [0.25, 0.3) is 0 Å². The van der Waals surface area contributed by atoms with Gasteiger partial charge in [-0.1, -0.05) is 30.3 Å². The molecule has 0 saturated carbocycles. The highest BCUT2D eigenvalue weighted by Crippen LogP contribution is 2.45. The van der Waals surface area contributed by atoms with Crippen molar-refractivity contribution in [3.63, 3.8) is 0 Å². The zero-order valence-corrected chi connectivity index (χ0v) is 24.0. The molecule has 1 aliphatic heterocycles. The second-order valence-electron chi connectivity index (χ2n) is 10.3. The molecule has 40 heavy (non-hydrogen) atoms. The summed E-state index contributed by atoms with van der Waals surface area (Å²) in [7, 11) is 0. The number of halogens is 1. The van der Waals surface area contributed by atoms with Gasteiger partial charge >= 0.3 is 5.97 Å². The highest BCUT2D eigenvalue weighted by atomic mass is 127. The molecule has 5 unspecified atom stereocenters. The number of benzene rings is 2. The van der Waals surface area contributed by atoms with Crippen molar-refractivity contribution in [2.75, 3.05) is 13.2 Å². The molecule has 2 aromatic rings. The summed E-state index contributed by atoms with van der Waals surface area (Å²) in [4.78, 5) is 39.0. The SMILES string of the molecule is CC(O)C(NC(=O)C1=CC2OC3(Cc4ccccc4C3)OC2C(OC(=O)c2cccc(I)c2)C1)C(=O)NCCO. The van der Waals surface area contributed by atoms with Crippen molar-refractivity contribution in [1.82, 2.24) is 10.6 Å². The standard InChI is InChI=1S/C29H31IN2O8/c1-16(34)24(27(36)31-9-10-33)32-26(35)20-12-22(38-28(37)17-7-4-8-21(30)11-17)25-23(13-20)39-29(40-25)14-18-5-2-3-6-19(18)15-29/h2-8,11,13,16,22-25,33-34H,9-10,12,14-15H2,1H3,(H,31,36)(H,32,35). The van der Waals surface area contributed by atoms with Crippen LogP contribution < -0.4 is 10.6 Å². The Balaban J connectivity index is 1.39. The van der Waals surface area contributed by atoms with E-state index in [1.54, 1.807) is 24.3 Å². The Morgan fingerprint density at radius 2 is 1.85 bits per heavy atom. The number of aliphatic hydroxyl groups excluding tert-OH is 2. The summed E-state index contributed by atoms with van der Waals surface area (Å²) in [5, 5.41) is 24.2. The molecule has 212 valence electrons. The van der Waals surface area contributed by atoms with Gasteiger partial charge in [0.2, 0.25) is 11.8 Å². The largest absolute Gasteiger partial charge is 0.456 e. The van der Waals surface area contributed by atoms with Gasteiger partial charge in [-0.25, -0.2) is 4.79 Å². The van der Waals surface area contributed by atoms with Gasteiger partial charge < -0.3 is 35.1 Å². The van der Waals surface area contributed by atoms with E-state index in [1.807, 2.05) is 30.3 Å². The van der Waals surface area contributed by atoms with Crippen LogP contribution in [0.3, 0.4) is 0 Å². The third-order valence-electron chi connectivity index (χ3n) is 7.29. The van der Waals surface area contributed by atoms with Crippen molar-refractivity contribution in [1.29, 1.82) is 0 Å². The molecule has 0 bridgehead atoms. The minimum absolute atomic E-state index is 0.0174. The monoisotopic (exact) mass is 662 g/mol. The summed E-state index contributed by atoms with van der Waals surface area (Å²) >= 11 is 2.12. The summed E-state index contributed by atoms with van der Waals surface area (Å²) in [6.07, 6.45) is -0.615. The first-order valence-corrected chi connectivity index (χ1v) is 14.2. The molecule has 5 atom stereocenters. The summed E-state index contributed by atoms with van der Waals surface area (Å²) in [5.41, 5.74) is 2.85. The molecule has 10 nitrogen and oxygen atoms in total. The lowest BCUT2D eigenvalue weighted by molar-refractivity contribution is -0.172. The zero-order valence-electron chi connectivity index (χ0n) is 21.8. The van der Waals surface area contributed by atoms with E-state index >= 15 is 0 Å². The number of nitrogens with one attached hydrogen (secondary N) is 2. The van der Waals surface area contributed by atoms with Crippen LogP contribution in [0, 0.1) is 3.57 Å². The molecule has 2 aromatic carbocycles. The third-order valence-corrected chi connectivity index (χ3v) is 7.96. The first kappa shape index (κ1) is 28.7. The zero-order chi connectivity index (χ0) is 28.4. The Labute approximate surface area is 245 Å². The molecule has 3 aliphatic rings. The van der Waals surface area contributed by atoms with Crippen LogP contribution in [0.25, 0.3) is 0 Å². The second-order valence-corrected chi connectivity index (χ2v) is 11.5. The van der Waals surface area contributed by atoms with Gasteiger partial charge in [0, 0.05) is 35.0 Å². The Morgan fingerprint density at radius 3 is 2.50 bits per heavy atom. The molecule has 2 aliphatic carbocycles.